The molecule has 0 saturated carbocycles. The molecule has 0 saturated heterocycles. The smallest absolute Gasteiger partial charge is 0.456 e. The van der Waals surface area contributed by atoms with Gasteiger partial charge >= 0.3 is 13.8 Å². The number of phosphoric ester groups is 1. The Kier molecular flexibility index (Phi) is 58.6. The van der Waals surface area contributed by atoms with E-state index in [-0.39, 0.29) is 25.1 Å². The largest absolute Gasteiger partial charge is 0.472 e. The molecule has 0 spiro atoms. The predicted molar refractivity (Wildman–Crippen MR) is 346 cm³/mol. The lowest BCUT2D eigenvalue weighted by Gasteiger charge is -2.27. The molecule has 0 bridgehead atoms. The molecular formula is C70H134N2O7P+. The minimum Gasteiger partial charge on any atom is -0.456 e. The summed E-state index contributed by atoms with van der Waals surface area (Å²) >= 11 is 0. The molecule has 9 nitrogen and oxygen atoms in total. The van der Waals surface area contributed by atoms with Crippen molar-refractivity contribution >= 4 is 19.7 Å². The Hall–Kier alpha value is -2.03. The first-order valence-corrected chi connectivity index (χ1v) is 36.0. The van der Waals surface area contributed by atoms with Crippen LogP contribution in [0.25, 0.3) is 0 Å². The summed E-state index contributed by atoms with van der Waals surface area (Å²) in [6, 6.07) is -0.849. The molecule has 3 unspecified atom stereocenters. The molecule has 80 heavy (non-hydrogen) atoms. The number of unbranched alkanes of at least 4 members (excludes halogenated alkanes) is 41. The molecule has 0 radical (unpaired) electrons. The molecule has 0 aliphatic carbocycles. The zero-order valence-electron chi connectivity index (χ0n) is 53.8. The molecule has 1 amide bonds. The fourth-order valence-electron chi connectivity index (χ4n) is 10.1. The quantitative estimate of drug-likeness (QED) is 0.0205. The Morgan fingerprint density at radius 2 is 0.762 bits per heavy atom. The first kappa shape index (κ1) is 78.0. The zero-order valence-corrected chi connectivity index (χ0v) is 54.7. The summed E-state index contributed by atoms with van der Waals surface area (Å²) in [4.78, 5) is 37.9. The predicted octanol–water partition coefficient (Wildman–Crippen LogP) is 21.6. The summed E-state index contributed by atoms with van der Waals surface area (Å²) in [5.74, 6) is -0.495. The van der Waals surface area contributed by atoms with Gasteiger partial charge in [-0.15, -0.1) is 0 Å². The van der Waals surface area contributed by atoms with E-state index < -0.39 is 20.0 Å². The number of phosphoric acid groups is 1. The van der Waals surface area contributed by atoms with Crippen LogP contribution in [0.2, 0.25) is 0 Å². The molecule has 0 aliphatic rings. The molecular weight excluding hydrogens is 1010 g/mol. The number of allylic oxidation sites excluding steroid dienone is 7. The van der Waals surface area contributed by atoms with E-state index >= 15 is 0 Å². The maximum absolute atomic E-state index is 13.6. The molecule has 0 fully saturated rings. The second-order valence-corrected chi connectivity index (χ2v) is 26.1. The van der Waals surface area contributed by atoms with Crippen molar-refractivity contribution in [2.45, 2.75) is 348 Å². The Bertz CT molecular complexity index is 1510. The molecule has 0 aromatic heterocycles. The summed E-state index contributed by atoms with van der Waals surface area (Å²) in [5, 5.41) is 3.07. The topological polar surface area (TPSA) is 111 Å². The third-order valence-corrected chi connectivity index (χ3v) is 16.5. The van der Waals surface area contributed by atoms with Gasteiger partial charge in [0.05, 0.1) is 33.8 Å². The molecule has 10 heteroatoms. The lowest BCUT2D eigenvalue weighted by Crippen LogP contribution is -2.47. The van der Waals surface area contributed by atoms with Crippen LogP contribution in [0.4, 0.5) is 0 Å². The normalized spacial score (nSPS) is 13.8. The maximum atomic E-state index is 13.6. The lowest BCUT2D eigenvalue weighted by molar-refractivity contribution is -0.870. The van der Waals surface area contributed by atoms with Crippen LogP contribution in [0.3, 0.4) is 0 Å². The SMILES string of the molecule is CCCCC/C=C\C/C=C\CCCCCCCCCCCCCC(=O)NC(COP(=O)(O)OCC[N+](C)(C)C)C(/C=C/CCCCCCCCCCCC)OC(=O)CCCCCCCCCCCCC/C=C/CCCCCCCC. The van der Waals surface area contributed by atoms with Gasteiger partial charge in [-0.3, -0.25) is 18.6 Å². The van der Waals surface area contributed by atoms with Crippen molar-refractivity contribution in [3.05, 3.63) is 48.6 Å². The lowest BCUT2D eigenvalue weighted by atomic mass is 10.0. The van der Waals surface area contributed by atoms with Crippen LogP contribution in [-0.2, 0) is 27.9 Å². The molecule has 0 aliphatic heterocycles. The van der Waals surface area contributed by atoms with E-state index in [2.05, 4.69) is 62.5 Å². The molecule has 0 heterocycles. The van der Waals surface area contributed by atoms with E-state index in [9.17, 15) is 19.0 Å². The summed E-state index contributed by atoms with van der Waals surface area (Å²) in [7, 11) is 1.50. The second kappa shape index (κ2) is 60.1. The van der Waals surface area contributed by atoms with Gasteiger partial charge in [0.1, 0.15) is 19.3 Å². The Balaban J connectivity index is 5.11. The highest BCUT2D eigenvalue weighted by Crippen LogP contribution is 2.43. The highest BCUT2D eigenvalue weighted by Gasteiger charge is 2.30. The number of hydrogen-bond acceptors (Lipinski definition) is 6. The van der Waals surface area contributed by atoms with Crippen molar-refractivity contribution < 1.29 is 37.3 Å². The molecule has 0 aromatic rings. The number of carbonyl (C=O) groups excluding carboxylic acids is 2. The van der Waals surface area contributed by atoms with Crippen LogP contribution in [0.15, 0.2) is 48.6 Å². The standard InChI is InChI=1S/C70H133N2O7P/c1-7-10-13-16-19-22-25-28-30-32-34-36-38-40-42-44-47-50-53-56-59-62-69(73)71-67(66-78-80(75,76)77-65-64-72(4,5)6)68(61-58-55-52-49-46-27-24-21-18-15-12-9-3)79-70(74)63-60-57-54-51-48-45-43-41-39-37-35-33-31-29-26-23-20-17-14-11-8-2/h19,22,28-31,58,61,67-68H,7-18,20-21,23-27,32-57,59-60,62-66H2,1-6H3,(H-,71,73,75,76)/p+1/b22-19-,30-28-,31-29+,61-58+. The number of ether oxygens (including phenoxy) is 1. The summed E-state index contributed by atoms with van der Waals surface area (Å²) in [6.07, 6.45) is 75.4. The van der Waals surface area contributed by atoms with Crippen molar-refractivity contribution in [3.63, 3.8) is 0 Å². The van der Waals surface area contributed by atoms with Crippen molar-refractivity contribution in [1.29, 1.82) is 0 Å². The van der Waals surface area contributed by atoms with Crippen molar-refractivity contribution in [2.24, 2.45) is 0 Å². The first-order valence-electron chi connectivity index (χ1n) is 34.5. The zero-order chi connectivity index (χ0) is 58.6. The number of hydrogen-bond donors (Lipinski definition) is 2. The van der Waals surface area contributed by atoms with Gasteiger partial charge in [0.15, 0.2) is 0 Å². The number of rotatable bonds is 63. The van der Waals surface area contributed by atoms with Gasteiger partial charge in [0.25, 0.3) is 0 Å². The number of nitrogens with zero attached hydrogens (tertiary/aromatic N) is 1. The third-order valence-electron chi connectivity index (χ3n) is 15.5. The van der Waals surface area contributed by atoms with E-state index in [0.29, 0.717) is 23.9 Å². The first-order chi connectivity index (χ1) is 38.9. The third kappa shape index (κ3) is 60.6. The van der Waals surface area contributed by atoms with E-state index in [0.717, 1.165) is 64.2 Å². The number of quaternary nitrogens is 1. The van der Waals surface area contributed by atoms with Crippen molar-refractivity contribution in [2.75, 3.05) is 40.9 Å². The van der Waals surface area contributed by atoms with Crippen LogP contribution >= 0.6 is 7.82 Å². The number of nitrogens with one attached hydrogen (secondary N) is 1. The van der Waals surface area contributed by atoms with E-state index in [1.165, 1.54) is 238 Å². The van der Waals surface area contributed by atoms with Crippen molar-refractivity contribution in [3.8, 4) is 0 Å². The van der Waals surface area contributed by atoms with Gasteiger partial charge < -0.3 is 19.4 Å². The van der Waals surface area contributed by atoms with Gasteiger partial charge in [-0.1, -0.05) is 282 Å². The highest BCUT2D eigenvalue weighted by atomic mass is 31.2. The highest BCUT2D eigenvalue weighted by molar-refractivity contribution is 7.47. The van der Waals surface area contributed by atoms with Crippen molar-refractivity contribution in [1.82, 2.24) is 5.32 Å². The summed E-state index contributed by atoms with van der Waals surface area (Å²) in [5.41, 5.74) is 0. The Morgan fingerprint density at radius 3 is 1.16 bits per heavy atom. The molecule has 0 aromatic carbocycles. The average Bonchev–Trinajstić information content (AvgIpc) is 3.42. The van der Waals surface area contributed by atoms with Crippen LogP contribution in [0.1, 0.15) is 335 Å². The van der Waals surface area contributed by atoms with E-state index in [4.69, 9.17) is 13.8 Å². The van der Waals surface area contributed by atoms with Gasteiger partial charge in [0, 0.05) is 12.8 Å². The number of esters is 1. The fraction of sp³-hybridized carbons (Fsp3) is 0.857. The van der Waals surface area contributed by atoms with Gasteiger partial charge in [-0.05, 0) is 89.5 Å². The van der Waals surface area contributed by atoms with Gasteiger partial charge in [-0.25, -0.2) is 4.57 Å². The van der Waals surface area contributed by atoms with Crippen LogP contribution in [0, 0.1) is 0 Å². The van der Waals surface area contributed by atoms with Crippen LogP contribution in [0.5, 0.6) is 0 Å². The Morgan fingerprint density at radius 1 is 0.438 bits per heavy atom. The average molecular weight is 1150 g/mol. The van der Waals surface area contributed by atoms with Crippen LogP contribution in [-0.4, -0.2) is 74.3 Å². The maximum Gasteiger partial charge on any atom is 0.472 e. The van der Waals surface area contributed by atoms with Gasteiger partial charge in [0.2, 0.25) is 5.91 Å². The van der Waals surface area contributed by atoms with E-state index in [1.807, 2.05) is 33.3 Å². The fourth-order valence-corrected chi connectivity index (χ4v) is 10.9. The monoisotopic (exact) mass is 1150 g/mol. The molecule has 470 valence electrons. The second-order valence-electron chi connectivity index (χ2n) is 24.7. The molecule has 0 rings (SSSR count). The summed E-state index contributed by atoms with van der Waals surface area (Å²) in [6.45, 7) is 7.03. The number of likely N-dealkylation sites (N-methyl/N-ethyl adjacent to an activating group) is 1. The summed E-state index contributed by atoms with van der Waals surface area (Å²) < 4.78 is 30.8. The minimum atomic E-state index is -4.45. The number of carbonyl (C=O) groups is 2. The molecule has 2 N–H and O–H groups in total. The minimum absolute atomic E-state index is 0.0408. The van der Waals surface area contributed by atoms with Crippen LogP contribution < -0.4 is 5.32 Å². The number of amides is 1. The Labute approximate surface area is 497 Å². The molecule has 3 atom stereocenters. The van der Waals surface area contributed by atoms with Gasteiger partial charge in [-0.2, -0.15) is 0 Å². The van der Waals surface area contributed by atoms with E-state index in [1.54, 1.807) is 0 Å².